The smallest absolute Gasteiger partial charge is 0.0376 e. The Labute approximate surface area is 87.2 Å². The summed E-state index contributed by atoms with van der Waals surface area (Å²) in [6, 6.07) is 0.644. The highest BCUT2D eigenvalue weighted by atomic mass is 35.5. The first-order valence-corrected chi connectivity index (χ1v) is 6.05. The highest BCUT2D eigenvalue weighted by Crippen LogP contribution is 2.28. The van der Waals surface area contributed by atoms with E-state index in [0.717, 1.165) is 6.54 Å². The molecular weight excluding hydrogens is 182 g/mol. The van der Waals surface area contributed by atoms with Crippen LogP contribution in [0.1, 0.15) is 46.0 Å². The van der Waals surface area contributed by atoms with Crippen LogP contribution in [0.5, 0.6) is 0 Å². The van der Waals surface area contributed by atoms with Crippen molar-refractivity contribution in [3.63, 3.8) is 0 Å². The molecule has 0 spiro atoms. The van der Waals surface area contributed by atoms with Crippen molar-refractivity contribution in [2.75, 3.05) is 6.54 Å². The van der Waals surface area contributed by atoms with Crippen LogP contribution in [0.4, 0.5) is 0 Å². The Kier molecular flexibility index (Phi) is 5.12. The minimum absolute atomic E-state index is 0.422. The summed E-state index contributed by atoms with van der Waals surface area (Å²) in [5, 5.41) is 3.97. The molecule has 1 fully saturated rings. The molecule has 3 atom stereocenters. The van der Waals surface area contributed by atoms with Gasteiger partial charge in [0, 0.05) is 11.4 Å². The van der Waals surface area contributed by atoms with Crippen molar-refractivity contribution >= 4 is 11.6 Å². The molecule has 0 amide bonds. The van der Waals surface area contributed by atoms with E-state index in [-0.39, 0.29) is 0 Å². The molecule has 1 rings (SSSR count). The zero-order valence-electron chi connectivity index (χ0n) is 8.85. The lowest BCUT2D eigenvalue weighted by molar-refractivity contribution is 0.335. The van der Waals surface area contributed by atoms with E-state index in [1.165, 1.54) is 32.1 Å². The van der Waals surface area contributed by atoms with Gasteiger partial charge in [0.25, 0.3) is 0 Å². The van der Waals surface area contributed by atoms with Gasteiger partial charge in [0.2, 0.25) is 0 Å². The molecule has 3 unspecified atom stereocenters. The first kappa shape index (κ1) is 11.3. The highest BCUT2D eigenvalue weighted by Gasteiger charge is 2.22. The van der Waals surface area contributed by atoms with Gasteiger partial charge in [-0.05, 0) is 38.6 Å². The van der Waals surface area contributed by atoms with Gasteiger partial charge in [0.15, 0.2) is 0 Å². The molecule has 1 saturated carbocycles. The third-order valence-corrected chi connectivity index (χ3v) is 3.73. The predicted octanol–water partition coefficient (Wildman–Crippen LogP) is 3.17. The fraction of sp³-hybridized carbons (Fsp3) is 1.00. The van der Waals surface area contributed by atoms with Crippen LogP contribution < -0.4 is 5.32 Å². The van der Waals surface area contributed by atoms with Gasteiger partial charge >= 0.3 is 0 Å². The Hall–Kier alpha value is 0.250. The maximum Gasteiger partial charge on any atom is 0.0376 e. The number of alkyl halides is 1. The molecule has 0 aliphatic heterocycles. The average molecular weight is 204 g/mol. The fourth-order valence-electron chi connectivity index (χ4n) is 1.89. The van der Waals surface area contributed by atoms with Crippen LogP contribution in [-0.4, -0.2) is 18.0 Å². The molecule has 1 N–H and O–H groups in total. The van der Waals surface area contributed by atoms with E-state index in [1.54, 1.807) is 0 Å². The number of nitrogens with one attached hydrogen (secondary N) is 1. The Morgan fingerprint density at radius 2 is 2.08 bits per heavy atom. The molecule has 0 aromatic carbocycles. The van der Waals surface area contributed by atoms with E-state index in [4.69, 9.17) is 11.6 Å². The summed E-state index contributed by atoms with van der Waals surface area (Å²) in [6.45, 7) is 5.58. The summed E-state index contributed by atoms with van der Waals surface area (Å²) in [4.78, 5) is 0. The standard InChI is InChI=1S/C11H22ClN/c1-3-9(2)13-8-10-6-4-5-7-11(10)12/h9-11,13H,3-8H2,1-2H3. The fourth-order valence-corrected chi connectivity index (χ4v) is 2.26. The third kappa shape index (κ3) is 3.86. The maximum absolute atomic E-state index is 6.27. The van der Waals surface area contributed by atoms with E-state index >= 15 is 0 Å². The second-order valence-electron chi connectivity index (χ2n) is 4.28. The monoisotopic (exact) mass is 203 g/mol. The van der Waals surface area contributed by atoms with Crippen LogP contribution >= 0.6 is 11.6 Å². The van der Waals surface area contributed by atoms with Crippen molar-refractivity contribution < 1.29 is 0 Å². The van der Waals surface area contributed by atoms with E-state index < -0.39 is 0 Å². The lowest BCUT2D eigenvalue weighted by Crippen LogP contribution is -2.35. The normalized spacial score (nSPS) is 31.6. The number of rotatable bonds is 4. The summed E-state index contributed by atoms with van der Waals surface area (Å²) in [6.07, 6.45) is 6.44. The van der Waals surface area contributed by atoms with Crippen LogP contribution in [0.2, 0.25) is 0 Å². The minimum atomic E-state index is 0.422. The van der Waals surface area contributed by atoms with Crippen molar-refractivity contribution in [3.05, 3.63) is 0 Å². The average Bonchev–Trinajstić information content (AvgIpc) is 2.16. The molecule has 78 valence electrons. The predicted molar refractivity (Wildman–Crippen MR) is 59.4 cm³/mol. The van der Waals surface area contributed by atoms with Crippen LogP contribution in [0, 0.1) is 5.92 Å². The van der Waals surface area contributed by atoms with Gasteiger partial charge < -0.3 is 5.32 Å². The van der Waals surface area contributed by atoms with Crippen molar-refractivity contribution in [1.82, 2.24) is 5.32 Å². The van der Waals surface area contributed by atoms with Crippen LogP contribution in [0.15, 0.2) is 0 Å². The Bertz CT molecular complexity index is 138. The number of hydrogen-bond donors (Lipinski definition) is 1. The van der Waals surface area contributed by atoms with Gasteiger partial charge in [0.05, 0.1) is 0 Å². The van der Waals surface area contributed by atoms with Gasteiger partial charge in [-0.1, -0.05) is 19.8 Å². The van der Waals surface area contributed by atoms with Crippen LogP contribution in [0.25, 0.3) is 0 Å². The summed E-state index contributed by atoms with van der Waals surface area (Å²) in [5.41, 5.74) is 0. The largest absolute Gasteiger partial charge is 0.314 e. The Morgan fingerprint density at radius 1 is 1.38 bits per heavy atom. The molecule has 0 radical (unpaired) electrons. The molecule has 0 heterocycles. The number of hydrogen-bond acceptors (Lipinski definition) is 1. The van der Waals surface area contributed by atoms with Gasteiger partial charge in [-0.3, -0.25) is 0 Å². The second kappa shape index (κ2) is 5.87. The lowest BCUT2D eigenvalue weighted by Gasteiger charge is -2.28. The molecule has 13 heavy (non-hydrogen) atoms. The first-order valence-electron chi connectivity index (χ1n) is 5.61. The van der Waals surface area contributed by atoms with Gasteiger partial charge in [-0.25, -0.2) is 0 Å². The molecule has 1 aliphatic rings. The topological polar surface area (TPSA) is 12.0 Å². The van der Waals surface area contributed by atoms with E-state index in [1.807, 2.05) is 0 Å². The molecule has 0 saturated heterocycles. The third-order valence-electron chi connectivity index (χ3n) is 3.16. The Morgan fingerprint density at radius 3 is 2.69 bits per heavy atom. The second-order valence-corrected chi connectivity index (χ2v) is 4.84. The molecule has 2 heteroatoms. The lowest BCUT2D eigenvalue weighted by atomic mass is 9.88. The summed E-state index contributed by atoms with van der Waals surface area (Å²) in [7, 11) is 0. The van der Waals surface area contributed by atoms with Crippen molar-refractivity contribution in [2.45, 2.75) is 57.4 Å². The van der Waals surface area contributed by atoms with Gasteiger partial charge in [0.1, 0.15) is 0 Å². The van der Waals surface area contributed by atoms with Crippen LogP contribution in [-0.2, 0) is 0 Å². The highest BCUT2D eigenvalue weighted by molar-refractivity contribution is 6.20. The van der Waals surface area contributed by atoms with Crippen LogP contribution in [0.3, 0.4) is 0 Å². The molecular formula is C11H22ClN. The van der Waals surface area contributed by atoms with Crippen molar-refractivity contribution in [3.8, 4) is 0 Å². The SMILES string of the molecule is CCC(C)NCC1CCCCC1Cl. The molecule has 1 nitrogen and oxygen atoms in total. The van der Waals surface area contributed by atoms with Gasteiger partial charge in [-0.15, -0.1) is 11.6 Å². The Balaban J connectivity index is 2.18. The van der Waals surface area contributed by atoms with E-state index in [9.17, 15) is 0 Å². The maximum atomic E-state index is 6.27. The molecule has 0 bridgehead atoms. The summed E-state index contributed by atoms with van der Waals surface area (Å²) in [5.74, 6) is 0.712. The van der Waals surface area contributed by atoms with Crippen molar-refractivity contribution in [2.24, 2.45) is 5.92 Å². The first-order chi connectivity index (χ1) is 6.24. The van der Waals surface area contributed by atoms with Gasteiger partial charge in [-0.2, -0.15) is 0 Å². The zero-order valence-corrected chi connectivity index (χ0v) is 9.61. The van der Waals surface area contributed by atoms with Crippen molar-refractivity contribution in [1.29, 1.82) is 0 Å². The molecule has 0 aromatic rings. The zero-order chi connectivity index (χ0) is 9.68. The summed E-state index contributed by atoms with van der Waals surface area (Å²) >= 11 is 6.27. The van der Waals surface area contributed by atoms with E-state index in [2.05, 4.69) is 19.2 Å². The summed E-state index contributed by atoms with van der Waals surface area (Å²) < 4.78 is 0. The minimum Gasteiger partial charge on any atom is -0.314 e. The van der Waals surface area contributed by atoms with E-state index in [0.29, 0.717) is 17.3 Å². The number of halogens is 1. The quantitative estimate of drug-likeness (QED) is 0.693. The molecule has 0 aromatic heterocycles. The molecule has 1 aliphatic carbocycles.